The molecule has 1 aromatic rings. The summed E-state index contributed by atoms with van der Waals surface area (Å²) < 4.78 is 16.6. The number of carbonyl (C=O) groups is 2. The number of rotatable bonds is 5. The number of hydrogen-bond acceptors (Lipinski definition) is 4. The fraction of sp³-hybridized carbons (Fsp3) is 0.333. The lowest BCUT2D eigenvalue weighted by Crippen LogP contribution is -2.11. The van der Waals surface area contributed by atoms with Crippen molar-refractivity contribution >= 4 is 19.3 Å². The fourth-order valence-corrected chi connectivity index (χ4v) is 3.26. The quantitative estimate of drug-likeness (QED) is 0.475. The first-order valence-corrected chi connectivity index (χ1v) is 7.72. The highest BCUT2D eigenvalue weighted by Crippen LogP contribution is 2.30. The molecule has 0 N–H and O–H groups in total. The Labute approximate surface area is 119 Å². The van der Waals surface area contributed by atoms with Crippen molar-refractivity contribution in [3.8, 4) is 12.3 Å². The highest BCUT2D eigenvalue weighted by atomic mass is 31.1. The number of ether oxygens (including phenoxy) is 1. The van der Waals surface area contributed by atoms with E-state index in [1.54, 1.807) is 13.8 Å². The van der Waals surface area contributed by atoms with Gasteiger partial charge in [0.15, 0.2) is 14.4 Å². The lowest BCUT2D eigenvalue weighted by atomic mass is 10.0. The third-order valence-corrected chi connectivity index (χ3v) is 4.15. The van der Waals surface area contributed by atoms with Crippen molar-refractivity contribution in [3.63, 3.8) is 0 Å². The van der Waals surface area contributed by atoms with E-state index in [0.717, 1.165) is 16.7 Å². The van der Waals surface area contributed by atoms with E-state index in [9.17, 15) is 14.2 Å². The smallest absolute Gasteiger partial charge is 0.314 e. The van der Waals surface area contributed by atoms with Gasteiger partial charge < -0.3 is 9.30 Å². The van der Waals surface area contributed by atoms with Gasteiger partial charge in [0.05, 0.1) is 0 Å². The second-order valence-corrected chi connectivity index (χ2v) is 6.22. The molecule has 0 aromatic heterocycles. The first-order valence-electron chi connectivity index (χ1n) is 6.11. The van der Waals surface area contributed by atoms with Crippen LogP contribution >= 0.6 is 7.80 Å². The van der Waals surface area contributed by atoms with E-state index in [4.69, 9.17) is 6.42 Å². The Kier molecular flexibility index (Phi) is 5.73. The summed E-state index contributed by atoms with van der Waals surface area (Å²) in [6.45, 7) is 5.33. The minimum absolute atomic E-state index is 0.176. The van der Waals surface area contributed by atoms with E-state index in [1.165, 1.54) is 0 Å². The van der Waals surface area contributed by atoms with E-state index in [-0.39, 0.29) is 6.61 Å². The summed E-state index contributed by atoms with van der Waals surface area (Å²) in [5.74, 6) is 1.43. The lowest BCUT2D eigenvalue weighted by Gasteiger charge is -2.10. The molecule has 4 nitrogen and oxygen atoms in total. The third-order valence-electron chi connectivity index (χ3n) is 2.78. The first-order chi connectivity index (χ1) is 9.36. The van der Waals surface area contributed by atoms with Crippen molar-refractivity contribution < 1.29 is 18.9 Å². The molecule has 0 spiro atoms. The molecule has 1 aromatic carbocycles. The summed E-state index contributed by atoms with van der Waals surface area (Å²) in [6, 6.07) is 3.71. The molecule has 0 heterocycles. The summed E-state index contributed by atoms with van der Waals surface area (Å²) in [6.07, 6.45) is 4.54. The molecular formula is C15H17O4P. The molecule has 5 heteroatoms. The molecule has 20 heavy (non-hydrogen) atoms. The van der Waals surface area contributed by atoms with Gasteiger partial charge in [-0.3, -0.25) is 9.59 Å². The summed E-state index contributed by atoms with van der Waals surface area (Å²) >= 11 is 0. The van der Waals surface area contributed by atoms with Gasteiger partial charge >= 0.3 is 5.97 Å². The maximum atomic E-state index is 12.2. The number of terminal acetylenes is 1. The largest absolute Gasteiger partial charge is 0.452 e. The van der Waals surface area contributed by atoms with Crippen LogP contribution in [0.1, 0.15) is 27.0 Å². The van der Waals surface area contributed by atoms with Crippen molar-refractivity contribution in [2.45, 2.75) is 20.8 Å². The van der Waals surface area contributed by atoms with Crippen LogP contribution in [0.25, 0.3) is 0 Å². The molecule has 0 aliphatic carbocycles. The summed E-state index contributed by atoms with van der Waals surface area (Å²) in [4.78, 5) is 23.5. The molecule has 0 aliphatic heterocycles. The van der Waals surface area contributed by atoms with Gasteiger partial charge in [-0.2, -0.15) is 0 Å². The van der Waals surface area contributed by atoms with Crippen molar-refractivity contribution in [3.05, 3.63) is 34.4 Å². The number of benzene rings is 1. The fourth-order valence-electron chi connectivity index (χ4n) is 2.06. The van der Waals surface area contributed by atoms with E-state index >= 15 is 0 Å². The molecule has 0 bridgehead atoms. The molecule has 106 valence electrons. The van der Waals surface area contributed by atoms with Crippen LogP contribution in [0.4, 0.5) is 0 Å². The second-order valence-electron chi connectivity index (χ2n) is 4.57. The maximum Gasteiger partial charge on any atom is 0.314 e. The Morgan fingerprint density at radius 2 is 1.80 bits per heavy atom. The zero-order chi connectivity index (χ0) is 15.3. The Balaban J connectivity index is 2.88. The Morgan fingerprint density at radius 1 is 1.25 bits per heavy atom. The summed E-state index contributed by atoms with van der Waals surface area (Å²) in [5.41, 5.74) is 2.52. The highest BCUT2D eigenvalue weighted by Gasteiger charge is 2.21. The summed E-state index contributed by atoms with van der Waals surface area (Å²) in [5, 5.41) is 0. The summed E-state index contributed by atoms with van der Waals surface area (Å²) in [7, 11) is -2.74. The Bertz CT molecular complexity index is 588. The average molecular weight is 292 g/mol. The van der Waals surface area contributed by atoms with Gasteiger partial charge in [-0.1, -0.05) is 23.6 Å². The minimum Gasteiger partial charge on any atom is -0.452 e. The number of aryl methyl sites for hydroxylation is 3. The van der Waals surface area contributed by atoms with Crippen LogP contribution < -0.4 is 0 Å². The standard InChI is InChI=1S/C15H17O4P/c1-5-6-19-13(16)9-20(18)15(17)14-11(3)7-10(2)8-12(14)4/h1,7-8,20H,6,9H2,2-4H3. The third kappa shape index (κ3) is 4.08. The van der Waals surface area contributed by atoms with Crippen molar-refractivity contribution in [2.24, 2.45) is 0 Å². The molecule has 0 radical (unpaired) electrons. The molecule has 0 saturated carbocycles. The van der Waals surface area contributed by atoms with Crippen LogP contribution in [0.3, 0.4) is 0 Å². The van der Waals surface area contributed by atoms with Gasteiger partial charge in [-0.15, -0.1) is 6.42 Å². The molecule has 0 saturated heterocycles. The van der Waals surface area contributed by atoms with Crippen molar-refractivity contribution in [1.82, 2.24) is 0 Å². The first kappa shape index (κ1) is 16.2. The Morgan fingerprint density at radius 3 is 2.30 bits per heavy atom. The Hall–Kier alpha value is -1.85. The van der Waals surface area contributed by atoms with Crippen LogP contribution in [0.5, 0.6) is 0 Å². The predicted molar refractivity (Wildman–Crippen MR) is 78.6 cm³/mol. The van der Waals surface area contributed by atoms with Gasteiger partial charge in [0.1, 0.15) is 6.16 Å². The van der Waals surface area contributed by atoms with Crippen LogP contribution in [0.15, 0.2) is 12.1 Å². The van der Waals surface area contributed by atoms with Crippen LogP contribution in [0, 0.1) is 33.1 Å². The molecule has 0 fully saturated rings. The molecule has 1 unspecified atom stereocenters. The molecular weight excluding hydrogens is 275 g/mol. The number of carbonyl (C=O) groups excluding carboxylic acids is 2. The van der Waals surface area contributed by atoms with E-state index in [0.29, 0.717) is 5.56 Å². The predicted octanol–water partition coefficient (Wildman–Crippen LogP) is 2.49. The second kappa shape index (κ2) is 7.07. The van der Waals surface area contributed by atoms with E-state index in [1.807, 2.05) is 19.1 Å². The zero-order valence-corrected chi connectivity index (χ0v) is 12.8. The maximum absolute atomic E-state index is 12.2. The number of esters is 1. The van der Waals surface area contributed by atoms with Gasteiger partial charge in [-0.05, 0) is 31.9 Å². The van der Waals surface area contributed by atoms with Gasteiger partial charge in [-0.25, -0.2) is 0 Å². The van der Waals surface area contributed by atoms with Crippen LogP contribution in [0.2, 0.25) is 0 Å². The van der Waals surface area contributed by atoms with E-state index < -0.39 is 25.5 Å². The molecule has 1 atom stereocenters. The molecule has 0 aliphatic rings. The lowest BCUT2D eigenvalue weighted by molar-refractivity contribution is -0.139. The SMILES string of the molecule is C#CCOC(=O)C[PH](=O)C(=O)c1c(C)cc(C)cc1C. The molecule has 0 amide bonds. The van der Waals surface area contributed by atoms with Crippen LogP contribution in [-0.2, 0) is 14.1 Å². The van der Waals surface area contributed by atoms with Crippen LogP contribution in [-0.4, -0.2) is 24.3 Å². The number of hydrogen-bond donors (Lipinski definition) is 0. The highest BCUT2D eigenvalue weighted by molar-refractivity contribution is 7.65. The topological polar surface area (TPSA) is 60.4 Å². The van der Waals surface area contributed by atoms with Gasteiger partial charge in [0, 0.05) is 5.56 Å². The van der Waals surface area contributed by atoms with Crippen molar-refractivity contribution in [1.29, 1.82) is 0 Å². The minimum atomic E-state index is -2.74. The zero-order valence-electron chi connectivity index (χ0n) is 11.8. The van der Waals surface area contributed by atoms with Crippen molar-refractivity contribution in [2.75, 3.05) is 12.8 Å². The normalized spacial score (nSPS) is 11.5. The van der Waals surface area contributed by atoms with Gasteiger partial charge in [0.2, 0.25) is 5.52 Å². The molecule has 1 rings (SSSR count). The van der Waals surface area contributed by atoms with Gasteiger partial charge in [0.25, 0.3) is 0 Å². The van der Waals surface area contributed by atoms with E-state index in [2.05, 4.69) is 10.7 Å². The average Bonchev–Trinajstić information content (AvgIpc) is 2.34. The monoisotopic (exact) mass is 292 g/mol.